The van der Waals surface area contributed by atoms with E-state index < -0.39 is 15.8 Å². The monoisotopic (exact) mass is 307 g/mol. The van der Waals surface area contributed by atoms with Gasteiger partial charge in [-0.15, -0.1) is 0 Å². The fourth-order valence-corrected chi connectivity index (χ4v) is 4.20. The summed E-state index contributed by atoms with van der Waals surface area (Å²) in [4.78, 5) is -0.151. The molecular weight excluding hydrogens is 293 g/mol. The van der Waals surface area contributed by atoms with E-state index in [1.807, 2.05) is 12.1 Å². The Morgan fingerprint density at radius 2 is 1.95 bits per heavy atom. The van der Waals surface area contributed by atoms with E-state index in [1.54, 1.807) is 12.1 Å². The Balaban J connectivity index is 2.13. The second kappa shape index (κ2) is 5.04. The largest absolute Gasteiger partial charge is 0.495 e. The van der Waals surface area contributed by atoms with Crippen molar-refractivity contribution < 1.29 is 17.5 Å². The SMILES string of the molecule is COc1ccc(F)cc1S(=O)(=O)N1CCc2ccccc21. The number of hydrogen-bond donors (Lipinski definition) is 0. The molecule has 21 heavy (non-hydrogen) atoms. The predicted octanol–water partition coefficient (Wildman–Crippen LogP) is 2.59. The molecular formula is C15H14FNO3S. The quantitative estimate of drug-likeness (QED) is 0.875. The fourth-order valence-electron chi connectivity index (χ4n) is 2.53. The zero-order valence-corrected chi connectivity index (χ0v) is 12.2. The van der Waals surface area contributed by atoms with Gasteiger partial charge in [-0.2, -0.15) is 0 Å². The molecule has 0 saturated carbocycles. The molecule has 6 heteroatoms. The first-order chi connectivity index (χ1) is 10.0. The number of halogens is 1. The number of benzene rings is 2. The topological polar surface area (TPSA) is 46.6 Å². The van der Waals surface area contributed by atoms with Crippen molar-refractivity contribution in [3.8, 4) is 5.75 Å². The summed E-state index contributed by atoms with van der Waals surface area (Å²) in [6, 6.07) is 10.8. The average Bonchev–Trinajstić information content (AvgIpc) is 2.92. The molecule has 2 aromatic carbocycles. The molecule has 0 fully saturated rings. The number of sulfonamides is 1. The number of methoxy groups -OCH3 is 1. The van der Waals surface area contributed by atoms with Gasteiger partial charge in [0, 0.05) is 6.54 Å². The standard InChI is InChI=1S/C15H14FNO3S/c1-20-14-7-6-12(16)10-15(14)21(18,19)17-9-8-11-4-2-3-5-13(11)17/h2-7,10H,8-9H2,1H3. The Kier molecular flexibility index (Phi) is 3.33. The summed E-state index contributed by atoms with van der Waals surface area (Å²) >= 11 is 0. The van der Waals surface area contributed by atoms with Gasteiger partial charge < -0.3 is 4.74 Å². The van der Waals surface area contributed by atoms with Gasteiger partial charge in [0.25, 0.3) is 10.0 Å². The van der Waals surface area contributed by atoms with Crippen LogP contribution in [0.5, 0.6) is 5.75 Å². The molecule has 0 aromatic heterocycles. The molecule has 0 atom stereocenters. The van der Waals surface area contributed by atoms with Crippen LogP contribution in [0.15, 0.2) is 47.4 Å². The van der Waals surface area contributed by atoms with Crippen molar-refractivity contribution in [3.05, 3.63) is 53.8 Å². The number of fused-ring (bicyclic) bond motifs is 1. The van der Waals surface area contributed by atoms with E-state index in [1.165, 1.54) is 23.5 Å². The molecule has 0 amide bonds. The van der Waals surface area contributed by atoms with Gasteiger partial charge in [-0.25, -0.2) is 12.8 Å². The van der Waals surface area contributed by atoms with Crippen molar-refractivity contribution in [2.75, 3.05) is 18.0 Å². The van der Waals surface area contributed by atoms with Crippen LogP contribution in [0.3, 0.4) is 0 Å². The molecule has 3 rings (SSSR count). The molecule has 0 spiro atoms. The second-order valence-electron chi connectivity index (χ2n) is 4.75. The Morgan fingerprint density at radius 3 is 2.71 bits per heavy atom. The number of anilines is 1. The van der Waals surface area contributed by atoms with Gasteiger partial charge in [0.1, 0.15) is 16.5 Å². The van der Waals surface area contributed by atoms with Crippen molar-refractivity contribution >= 4 is 15.7 Å². The van der Waals surface area contributed by atoms with Gasteiger partial charge in [-0.1, -0.05) is 18.2 Å². The third kappa shape index (κ3) is 2.25. The summed E-state index contributed by atoms with van der Waals surface area (Å²) in [6.07, 6.45) is 0.646. The lowest BCUT2D eigenvalue weighted by molar-refractivity contribution is 0.401. The van der Waals surface area contributed by atoms with E-state index in [0.29, 0.717) is 18.7 Å². The van der Waals surface area contributed by atoms with Gasteiger partial charge in [0.15, 0.2) is 0 Å². The second-order valence-corrected chi connectivity index (χ2v) is 6.58. The van der Waals surface area contributed by atoms with Crippen molar-refractivity contribution in [2.45, 2.75) is 11.3 Å². The zero-order valence-electron chi connectivity index (χ0n) is 11.4. The first-order valence-electron chi connectivity index (χ1n) is 6.48. The average molecular weight is 307 g/mol. The highest BCUT2D eigenvalue weighted by molar-refractivity contribution is 7.93. The van der Waals surface area contributed by atoms with Crippen molar-refractivity contribution in [3.63, 3.8) is 0 Å². The van der Waals surface area contributed by atoms with Gasteiger partial charge in [0.2, 0.25) is 0 Å². The highest BCUT2D eigenvalue weighted by Gasteiger charge is 2.32. The van der Waals surface area contributed by atoms with Crippen LogP contribution >= 0.6 is 0 Å². The van der Waals surface area contributed by atoms with Crippen molar-refractivity contribution in [1.29, 1.82) is 0 Å². The minimum absolute atomic E-state index is 0.140. The summed E-state index contributed by atoms with van der Waals surface area (Å²) in [5, 5.41) is 0. The van der Waals surface area contributed by atoms with Crippen LogP contribution in [-0.2, 0) is 16.4 Å². The number of nitrogens with zero attached hydrogens (tertiary/aromatic N) is 1. The number of para-hydroxylation sites is 1. The van der Waals surface area contributed by atoms with Crippen LogP contribution in [-0.4, -0.2) is 22.1 Å². The van der Waals surface area contributed by atoms with Crippen LogP contribution in [0.4, 0.5) is 10.1 Å². The summed E-state index contributed by atoms with van der Waals surface area (Å²) in [6.45, 7) is 0.349. The fraction of sp³-hybridized carbons (Fsp3) is 0.200. The summed E-state index contributed by atoms with van der Waals surface area (Å²) in [7, 11) is -2.48. The maximum absolute atomic E-state index is 13.5. The molecule has 0 radical (unpaired) electrons. The van der Waals surface area contributed by atoms with E-state index in [9.17, 15) is 12.8 Å². The lowest BCUT2D eigenvalue weighted by Gasteiger charge is -2.20. The summed E-state index contributed by atoms with van der Waals surface area (Å²) in [5.41, 5.74) is 1.61. The van der Waals surface area contributed by atoms with Crippen LogP contribution in [0.1, 0.15) is 5.56 Å². The Morgan fingerprint density at radius 1 is 1.19 bits per heavy atom. The number of ether oxygens (including phenoxy) is 1. The maximum atomic E-state index is 13.5. The van der Waals surface area contributed by atoms with E-state index >= 15 is 0 Å². The lowest BCUT2D eigenvalue weighted by atomic mass is 10.2. The smallest absolute Gasteiger partial charge is 0.268 e. The minimum atomic E-state index is -3.85. The van der Waals surface area contributed by atoms with Crippen molar-refractivity contribution in [2.24, 2.45) is 0 Å². The molecule has 1 aliphatic heterocycles. The first-order valence-corrected chi connectivity index (χ1v) is 7.92. The van der Waals surface area contributed by atoms with Crippen LogP contribution in [0, 0.1) is 5.82 Å². The molecule has 0 unspecified atom stereocenters. The van der Waals surface area contributed by atoms with Crippen LogP contribution in [0.2, 0.25) is 0 Å². The third-order valence-corrected chi connectivity index (χ3v) is 5.37. The molecule has 0 aliphatic carbocycles. The van der Waals surface area contributed by atoms with Crippen LogP contribution in [0.25, 0.3) is 0 Å². The van der Waals surface area contributed by atoms with Crippen molar-refractivity contribution in [1.82, 2.24) is 0 Å². The van der Waals surface area contributed by atoms with Gasteiger partial charge in [-0.05, 0) is 36.2 Å². The van der Waals surface area contributed by atoms with Gasteiger partial charge >= 0.3 is 0 Å². The number of rotatable bonds is 3. The Labute approximate surface area is 122 Å². The lowest BCUT2D eigenvalue weighted by Crippen LogP contribution is -2.29. The summed E-state index contributed by atoms with van der Waals surface area (Å²) < 4.78 is 45.4. The first kappa shape index (κ1) is 13.9. The molecule has 1 aliphatic rings. The minimum Gasteiger partial charge on any atom is -0.495 e. The third-order valence-electron chi connectivity index (χ3n) is 3.54. The molecule has 0 saturated heterocycles. The Bertz CT molecular complexity index is 789. The summed E-state index contributed by atoms with van der Waals surface area (Å²) in [5.74, 6) is -0.470. The van der Waals surface area contributed by atoms with E-state index in [0.717, 1.165) is 11.6 Å². The molecule has 0 bridgehead atoms. The highest BCUT2D eigenvalue weighted by atomic mass is 32.2. The normalized spacial score (nSPS) is 14.1. The molecule has 4 nitrogen and oxygen atoms in total. The molecule has 110 valence electrons. The van der Waals surface area contributed by atoms with Gasteiger partial charge in [0.05, 0.1) is 12.8 Å². The van der Waals surface area contributed by atoms with Gasteiger partial charge in [-0.3, -0.25) is 4.31 Å². The van der Waals surface area contributed by atoms with E-state index in [2.05, 4.69) is 0 Å². The molecule has 2 aromatic rings. The molecule has 0 N–H and O–H groups in total. The highest BCUT2D eigenvalue weighted by Crippen LogP contribution is 2.35. The Hall–Kier alpha value is -2.08. The van der Waals surface area contributed by atoms with E-state index in [4.69, 9.17) is 4.74 Å². The number of hydrogen-bond acceptors (Lipinski definition) is 3. The predicted molar refractivity (Wildman–Crippen MR) is 77.6 cm³/mol. The van der Waals surface area contributed by atoms with E-state index in [-0.39, 0.29) is 10.6 Å². The zero-order chi connectivity index (χ0) is 15.0. The molecule has 1 heterocycles. The maximum Gasteiger partial charge on any atom is 0.268 e. The van der Waals surface area contributed by atoms with Crippen LogP contribution < -0.4 is 9.04 Å².